The van der Waals surface area contributed by atoms with Crippen LogP contribution in [0.3, 0.4) is 0 Å². The van der Waals surface area contributed by atoms with Gasteiger partial charge in [-0.25, -0.2) is 0 Å². The minimum Gasteiger partial charge on any atom is -0.379 e. The molecule has 2 heteroatoms. The van der Waals surface area contributed by atoms with Gasteiger partial charge in [0.2, 0.25) is 0 Å². The second-order valence-corrected chi connectivity index (χ2v) is 9.41. The van der Waals surface area contributed by atoms with Gasteiger partial charge in [-0.2, -0.15) is 0 Å². The molecule has 0 N–H and O–H groups in total. The summed E-state index contributed by atoms with van der Waals surface area (Å²) in [6.45, 7) is 16.4. The standard InChI is InChI=1S/C20H41NO/c1-10-18(2,3)16-11-13-17(14-12-16)21(8)19(4,5)15-20(6,7)22-9/h16-17H,10-15H2,1-9H3. The number of hydrogen-bond donors (Lipinski definition) is 0. The summed E-state index contributed by atoms with van der Waals surface area (Å²) in [5, 5.41) is 0. The Balaban J connectivity index is 2.63. The number of ether oxygens (including phenoxy) is 1. The number of hydrogen-bond acceptors (Lipinski definition) is 2. The molecule has 0 aromatic heterocycles. The van der Waals surface area contributed by atoms with Crippen molar-refractivity contribution in [1.82, 2.24) is 4.90 Å². The van der Waals surface area contributed by atoms with Crippen LogP contribution in [0.5, 0.6) is 0 Å². The van der Waals surface area contributed by atoms with E-state index in [-0.39, 0.29) is 11.1 Å². The molecule has 0 saturated heterocycles. The number of rotatable bonds is 7. The van der Waals surface area contributed by atoms with E-state index in [1.165, 1.54) is 32.1 Å². The lowest BCUT2D eigenvalue weighted by atomic mass is 9.68. The molecule has 0 aromatic carbocycles. The Bertz CT molecular complexity index is 338. The van der Waals surface area contributed by atoms with Crippen molar-refractivity contribution < 1.29 is 4.74 Å². The highest BCUT2D eigenvalue weighted by Gasteiger charge is 2.38. The number of methoxy groups -OCH3 is 1. The molecule has 0 bridgehead atoms. The Hall–Kier alpha value is -0.0800. The van der Waals surface area contributed by atoms with Crippen LogP contribution < -0.4 is 0 Å². The monoisotopic (exact) mass is 311 g/mol. The van der Waals surface area contributed by atoms with Crippen molar-refractivity contribution in [2.75, 3.05) is 14.2 Å². The first-order valence-corrected chi connectivity index (χ1v) is 9.23. The fourth-order valence-corrected chi connectivity index (χ4v) is 4.27. The fourth-order valence-electron chi connectivity index (χ4n) is 4.27. The zero-order valence-corrected chi connectivity index (χ0v) is 16.8. The Labute approximate surface area is 140 Å². The van der Waals surface area contributed by atoms with E-state index in [9.17, 15) is 0 Å². The van der Waals surface area contributed by atoms with Gasteiger partial charge in [0, 0.05) is 18.7 Å². The molecule has 22 heavy (non-hydrogen) atoms. The summed E-state index contributed by atoms with van der Waals surface area (Å²) >= 11 is 0. The second-order valence-electron chi connectivity index (χ2n) is 9.41. The Morgan fingerprint density at radius 1 is 0.955 bits per heavy atom. The SMILES string of the molecule is CCC(C)(C)C1CCC(N(C)C(C)(C)CC(C)(C)OC)CC1. The molecule has 1 aliphatic rings. The number of nitrogens with zero attached hydrogens (tertiary/aromatic N) is 1. The minimum atomic E-state index is -0.0564. The van der Waals surface area contributed by atoms with Gasteiger partial charge in [0.1, 0.15) is 0 Å². The minimum absolute atomic E-state index is 0.0564. The van der Waals surface area contributed by atoms with Crippen LogP contribution in [-0.2, 0) is 4.74 Å². The average molecular weight is 312 g/mol. The maximum absolute atomic E-state index is 5.66. The fraction of sp³-hybridized carbons (Fsp3) is 1.00. The van der Waals surface area contributed by atoms with Gasteiger partial charge in [0.15, 0.2) is 0 Å². The van der Waals surface area contributed by atoms with E-state index >= 15 is 0 Å². The summed E-state index contributed by atoms with van der Waals surface area (Å²) in [6, 6.07) is 0.728. The van der Waals surface area contributed by atoms with Gasteiger partial charge in [-0.05, 0) is 78.2 Å². The van der Waals surface area contributed by atoms with E-state index < -0.39 is 0 Å². The third kappa shape index (κ3) is 4.96. The van der Waals surface area contributed by atoms with Crippen LogP contribution in [0, 0.1) is 11.3 Å². The third-order valence-electron chi connectivity index (χ3n) is 6.63. The summed E-state index contributed by atoms with van der Waals surface area (Å²) in [5.74, 6) is 0.903. The van der Waals surface area contributed by atoms with Crippen molar-refractivity contribution in [1.29, 1.82) is 0 Å². The zero-order chi connectivity index (χ0) is 17.2. The van der Waals surface area contributed by atoms with E-state index in [0.29, 0.717) is 5.41 Å². The van der Waals surface area contributed by atoms with Gasteiger partial charge in [-0.1, -0.05) is 27.2 Å². The molecule has 132 valence electrons. The van der Waals surface area contributed by atoms with Crippen LogP contribution >= 0.6 is 0 Å². The van der Waals surface area contributed by atoms with E-state index in [4.69, 9.17) is 4.74 Å². The Morgan fingerprint density at radius 3 is 1.86 bits per heavy atom. The van der Waals surface area contributed by atoms with Gasteiger partial charge in [0.05, 0.1) is 5.60 Å². The van der Waals surface area contributed by atoms with Crippen LogP contribution in [-0.4, -0.2) is 36.2 Å². The molecule has 0 aliphatic heterocycles. The summed E-state index contributed by atoms with van der Waals surface area (Å²) < 4.78 is 5.66. The largest absolute Gasteiger partial charge is 0.379 e. The summed E-state index contributed by atoms with van der Waals surface area (Å²) in [4.78, 5) is 2.63. The maximum Gasteiger partial charge on any atom is 0.0640 e. The van der Waals surface area contributed by atoms with Gasteiger partial charge in [-0.15, -0.1) is 0 Å². The van der Waals surface area contributed by atoms with Crippen LogP contribution in [0.15, 0.2) is 0 Å². The summed E-state index contributed by atoms with van der Waals surface area (Å²) in [5.41, 5.74) is 0.632. The Morgan fingerprint density at radius 2 is 1.45 bits per heavy atom. The van der Waals surface area contributed by atoms with Crippen LogP contribution in [0.2, 0.25) is 0 Å². The lowest BCUT2D eigenvalue weighted by Gasteiger charge is -2.48. The lowest BCUT2D eigenvalue weighted by Crippen LogP contribution is -2.52. The molecule has 0 amide bonds. The van der Waals surface area contributed by atoms with Crippen LogP contribution in [0.1, 0.15) is 87.0 Å². The van der Waals surface area contributed by atoms with Gasteiger partial charge in [0.25, 0.3) is 0 Å². The van der Waals surface area contributed by atoms with Crippen molar-refractivity contribution >= 4 is 0 Å². The lowest BCUT2D eigenvalue weighted by molar-refractivity contribution is -0.0420. The molecule has 1 saturated carbocycles. The highest BCUT2D eigenvalue weighted by atomic mass is 16.5. The first kappa shape index (κ1) is 20.0. The third-order valence-corrected chi connectivity index (χ3v) is 6.63. The van der Waals surface area contributed by atoms with Crippen molar-refractivity contribution in [2.24, 2.45) is 11.3 Å². The molecular formula is C20H41NO. The van der Waals surface area contributed by atoms with Crippen molar-refractivity contribution in [2.45, 2.75) is 104 Å². The molecule has 0 spiro atoms. The second kappa shape index (κ2) is 7.21. The maximum atomic E-state index is 5.66. The molecule has 0 aromatic rings. The van der Waals surface area contributed by atoms with E-state index in [1.54, 1.807) is 0 Å². The molecule has 1 rings (SSSR count). The van der Waals surface area contributed by atoms with E-state index in [2.05, 4.69) is 60.4 Å². The smallest absolute Gasteiger partial charge is 0.0640 e. The topological polar surface area (TPSA) is 12.5 Å². The van der Waals surface area contributed by atoms with Crippen LogP contribution in [0.4, 0.5) is 0 Å². The molecule has 1 fully saturated rings. The summed E-state index contributed by atoms with van der Waals surface area (Å²) in [6.07, 6.45) is 7.83. The average Bonchev–Trinajstić information content (AvgIpc) is 2.45. The quantitative estimate of drug-likeness (QED) is 0.615. The molecule has 0 radical (unpaired) electrons. The van der Waals surface area contributed by atoms with Crippen molar-refractivity contribution in [3.63, 3.8) is 0 Å². The van der Waals surface area contributed by atoms with Crippen molar-refractivity contribution in [3.05, 3.63) is 0 Å². The Kier molecular flexibility index (Phi) is 6.55. The van der Waals surface area contributed by atoms with Gasteiger partial charge < -0.3 is 4.74 Å². The van der Waals surface area contributed by atoms with E-state index in [0.717, 1.165) is 18.4 Å². The molecular weight excluding hydrogens is 270 g/mol. The first-order valence-electron chi connectivity index (χ1n) is 9.23. The van der Waals surface area contributed by atoms with E-state index in [1.807, 2.05) is 7.11 Å². The molecule has 0 heterocycles. The van der Waals surface area contributed by atoms with Crippen molar-refractivity contribution in [3.8, 4) is 0 Å². The van der Waals surface area contributed by atoms with Crippen LogP contribution in [0.25, 0.3) is 0 Å². The highest BCUT2D eigenvalue weighted by molar-refractivity contribution is 4.93. The normalized spacial score (nSPS) is 24.8. The molecule has 2 nitrogen and oxygen atoms in total. The molecule has 0 unspecified atom stereocenters. The molecule has 0 atom stereocenters. The predicted molar refractivity (Wildman–Crippen MR) is 97.4 cm³/mol. The predicted octanol–water partition coefficient (Wildman–Crippen LogP) is 5.51. The summed E-state index contributed by atoms with van der Waals surface area (Å²) in [7, 11) is 4.15. The highest BCUT2D eigenvalue weighted by Crippen LogP contribution is 2.42. The molecule has 1 aliphatic carbocycles. The van der Waals surface area contributed by atoms with Gasteiger partial charge >= 0.3 is 0 Å². The zero-order valence-electron chi connectivity index (χ0n) is 16.8. The van der Waals surface area contributed by atoms with Gasteiger partial charge in [-0.3, -0.25) is 4.90 Å². The first-order chi connectivity index (χ1) is 9.95.